The number of esters is 1. The molecular formula is C20H21N3O5. The lowest BCUT2D eigenvalue weighted by atomic mass is 10.2. The summed E-state index contributed by atoms with van der Waals surface area (Å²) >= 11 is 0. The molecule has 0 saturated carbocycles. The van der Waals surface area contributed by atoms with Crippen molar-refractivity contribution >= 4 is 29.3 Å². The highest BCUT2D eigenvalue weighted by molar-refractivity contribution is 5.99. The third-order valence-electron chi connectivity index (χ3n) is 4.40. The van der Waals surface area contributed by atoms with Crippen LogP contribution >= 0.6 is 0 Å². The van der Waals surface area contributed by atoms with Crippen LogP contribution in [0.4, 0.5) is 16.2 Å². The molecule has 0 aromatic heterocycles. The van der Waals surface area contributed by atoms with Crippen molar-refractivity contribution in [1.29, 1.82) is 0 Å². The Bertz CT molecular complexity index is 864. The molecule has 2 aromatic carbocycles. The largest absolute Gasteiger partial charge is 0.497 e. The normalized spacial score (nSPS) is 13.4. The molecule has 3 rings (SSSR count). The molecule has 1 saturated heterocycles. The first-order valence-electron chi connectivity index (χ1n) is 8.70. The second-order valence-electron chi connectivity index (χ2n) is 6.17. The Kier molecular flexibility index (Phi) is 5.78. The standard InChI is InChI=1S/C20H21N3O5/c1-27-17-9-7-16(8-10-17)23-12-11-22(20(23)26)13-18(24)21-15-5-3-14(4-6-15)19(25)28-2/h3-10H,11-13H2,1-2H3,(H,21,24). The zero-order valence-corrected chi connectivity index (χ0v) is 15.7. The van der Waals surface area contributed by atoms with Crippen molar-refractivity contribution in [3.8, 4) is 5.75 Å². The molecule has 28 heavy (non-hydrogen) atoms. The highest BCUT2D eigenvalue weighted by Crippen LogP contribution is 2.23. The Balaban J connectivity index is 1.57. The fourth-order valence-corrected chi connectivity index (χ4v) is 2.91. The number of nitrogens with one attached hydrogen (secondary N) is 1. The van der Waals surface area contributed by atoms with Gasteiger partial charge in [0.1, 0.15) is 12.3 Å². The Hall–Kier alpha value is -3.55. The topological polar surface area (TPSA) is 88.2 Å². The van der Waals surface area contributed by atoms with Crippen LogP contribution in [0.2, 0.25) is 0 Å². The molecule has 2 aromatic rings. The lowest BCUT2D eigenvalue weighted by molar-refractivity contribution is -0.116. The molecule has 0 aliphatic carbocycles. The summed E-state index contributed by atoms with van der Waals surface area (Å²) in [6.45, 7) is 0.913. The molecule has 0 atom stereocenters. The highest BCUT2D eigenvalue weighted by Gasteiger charge is 2.30. The molecule has 1 aliphatic heterocycles. The smallest absolute Gasteiger partial charge is 0.337 e. The van der Waals surface area contributed by atoms with Crippen molar-refractivity contribution in [3.05, 3.63) is 54.1 Å². The SMILES string of the molecule is COC(=O)c1ccc(NC(=O)CN2CCN(c3ccc(OC)cc3)C2=O)cc1. The number of hydrogen-bond acceptors (Lipinski definition) is 5. The lowest BCUT2D eigenvalue weighted by Crippen LogP contribution is -2.37. The number of hydrogen-bond donors (Lipinski definition) is 1. The summed E-state index contributed by atoms with van der Waals surface area (Å²) in [6, 6.07) is 13.3. The van der Waals surface area contributed by atoms with Crippen molar-refractivity contribution in [2.24, 2.45) is 0 Å². The molecule has 0 spiro atoms. The van der Waals surface area contributed by atoms with Crippen molar-refractivity contribution < 1.29 is 23.9 Å². The summed E-state index contributed by atoms with van der Waals surface area (Å²) in [7, 11) is 2.89. The summed E-state index contributed by atoms with van der Waals surface area (Å²) in [6.07, 6.45) is 0. The lowest BCUT2D eigenvalue weighted by Gasteiger charge is -2.18. The van der Waals surface area contributed by atoms with Crippen molar-refractivity contribution in [3.63, 3.8) is 0 Å². The third kappa shape index (κ3) is 4.22. The van der Waals surface area contributed by atoms with Gasteiger partial charge >= 0.3 is 12.0 Å². The molecule has 0 bridgehead atoms. The zero-order valence-electron chi connectivity index (χ0n) is 15.7. The molecule has 1 N–H and O–H groups in total. The molecule has 0 radical (unpaired) electrons. The quantitative estimate of drug-likeness (QED) is 0.774. The van der Waals surface area contributed by atoms with E-state index >= 15 is 0 Å². The van der Waals surface area contributed by atoms with Gasteiger partial charge in [0.25, 0.3) is 0 Å². The Labute approximate surface area is 162 Å². The van der Waals surface area contributed by atoms with Crippen LogP contribution in [0.25, 0.3) is 0 Å². The van der Waals surface area contributed by atoms with Crippen LogP contribution in [-0.4, -0.2) is 56.7 Å². The number of carbonyl (C=O) groups is 3. The van der Waals surface area contributed by atoms with E-state index in [0.717, 1.165) is 5.69 Å². The van der Waals surface area contributed by atoms with E-state index in [0.29, 0.717) is 30.1 Å². The highest BCUT2D eigenvalue weighted by atomic mass is 16.5. The van der Waals surface area contributed by atoms with Gasteiger partial charge in [-0.25, -0.2) is 9.59 Å². The molecular weight excluding hydrogens is 362 g/mol. The van der Waals surface area contributed by atoms with E-state index in [1.165, 1.54) is 12.0 Å². The predicted octanol–water partition coefficient (Wildman–Crippen LogP) is 2.36. The van der Waals surface area contributed by atoms with Gasteiger partial charge in [-0.1, -0.05) is 0 Å². The van der Waals surface area contributed by atoms with Crippen LogP contribution in [0.5, 0.6) is 5.75 Å². The summed E-state index contributed by atoms with van der Waals surface area (Å²) in [5.74, 6) is -0.0419. The van der Waals surface area contributed by atoms with Crippen molar-refractivity contribution in [1.82, 2.24) is 4.90 Å². The van der Waals surface area contributed by atoms with Gasteiger partial charge < -0.3 is 19.7 Å². The minimum absolute atomic E-state index is 0.0513. The average Bonchev–Trinajstić information content (AvgIpc) is 3.08. The van der Waals surface area contributed by atoms with Gasteiger partial charge in [-0.05, 0) is 48.5 Å². The Morgan fingerprint density at radius 1 is 1.00 bits per heavy atom. The first-order chi connectivity index (χ1) is 13.5. The van der Waals surface area contributed by atoms with Crippen LogP contribution in [-0.2, 0) is 9.53 Å². The number of ether oxygens (including phenoxy) is 2. The summed E-state index contributed by atoms with van der Waals surface area (Å²) in [4.78, 5) is 39.4. The number of carbonyl (C=O) groups excluding carboxylic acids is 3. The van der Waals surface area contributed by atoms with Crippen LogP contribution in [0, 0.1) is 0 Å². The Morgan fingerprint density at radius 2 is 1.68 bits per heavy atom. The van der Waals surface area contributed by atoms with Crippen LogP contribution in [0.1, 0.15) is 10.4 Å². The first-order valence-corrected chi connectivity index (χ1v) is 8.70. The molecule has 146 valence electrons. The monoisotopic (exact) mass is 383 g/mol. The number of amides is 3. The zero-order chi connectivity index (χ0) is 20.1. The average molecular weight is 383 g/mol. The summed E-state index contributed by atoms with van der Waals surface area (Å²) in [5.41, 5.74) is 1.69. The van der Waals surface area contributed by atoms with E-state index in [2.05, 4.69) is 10.1 Å². The molecule has 1 heterocycles. The van der Waals surface area contributed by atoms with E-state index in [-0.39, 0.29) is 18.5 Å². The van der Waals surface area contributed by atoms with Crippen molar-refractivity contribution in [2.45, 2.75) is 0 Å². The summed E-state index contributed by atoms with van der Waals surface area (Å²) < 4.78 is 9.76. The molecule has 1 aliphatic rings. The second kappa shape index (κ2) is 8.43. The van der Waals surface area contributed by atoms with E-state index in [9.17, 15) is 14.4 Å². The van der Waals surface area contributed by atoms with E-state index in [4.69, 9.17) is 4.74 Å². The maximum atomic E-state index is 12.6. The second-order valence-corrected chi connectivity index (χ2v) is 6.17. The van der Waals surface area contributed by atoms with Gasteiger partial charge in [0, 0.05) is 24.5 Å². The van der Waals surface area contributed by atoms with E-state index < -0.39 is 5.97 Å². The van der Waals surface area contributed by atoms with Crippen LogP contribution in [0.15, 0.2) is 48.5 Å². The maximum absolute atomic E-state index is 12.6. The minimum atomic E-state index is -0.445. The van der Waals surface area contributed by atoms with Gasteiger partial charge in [-0.2, -0.15) is 0 Å². The number of rotatable bonds is 6. The van der Waals surface area contributed by atoms with Gasteiger partial charge in [-0.3, -0.25) is 9.69 Å². The van der Waals surface area contributed by atoms with Gasteiger partial charge in [-0.15, -0.1) is 0 Å². The number of anilines is 2. The number of benzene rings is 2. The molecule has 0 unspecified atom stereocenters. The molecule has 3 amide bonds. The van der Waals surface area contributed by atoms with Gasteiger partial charge in [0.2, 0.25) is 5.91 Å². The van der Waals surface area contributed by atoms with Gasteiger partial charge in [0.15, 0.2) is 0 Å². The minimum Gasteiger partial charge on any atom is -0.497 e. The van der Waals surface area contributed by atoms with E-state index in [1.807, 2.05) is 12.1 Å². The van der Waals surface area contributed by atoms with E-state index in [1.54, 1.807) is 48.4 Å². The third-order valence-corrected chi connectivity index (χ3v) is 4.40. The summed E-state index contributed by atoms with van der Waals surface area (Å²) in [5, 5.41) is 2.72. The number of urea groups is 1. The molecule has 1 fully saturated rings. The molecule has 8 nitrogen and oxygen atoms in total. The number of nitrogens with zero attached hydrogens (tertiary/aromatic N) is 2. The fourth-order valence-electron chi connectivity index (χ4n) is 2.91. The van der Waals surface area contributed by atoms with Gasteiger partial charge in [0.05, 0.1) is 19.8 Å². The van der Waals surface area contributed by atoms with Crippen LogP contribution < -0.4 is 15.0 Å². The Morgan fingerprint density at radius 3 is 2.29 bits per heavy atom. The number of methoxy groups -OCH3 is 2. The van der Waals surface area contributed by atoms with Crippen LogP contribution in [0.3, 0.4) is 0 Å². The first kappa shape index (κ1) is 19.2. The van der Waals surface area contributed by atoms with Crippen molar-refractivity contribution in [2.75, 3.05) is 44.1 Å². The fraction of sp³-hybridized carbons (Fsp3) is 0.250. The predicted molar refractivity (Wildman–Crippen MR) is 104 cm³/mol. The molecule has 8 heteroatoms. The maximum Gasteiger partial charge on any atom is 0.337 e.